The Bertz CT molecular complexity index is 518. The largest absolute Gasteiger partial charge is 0.329 e. The van der Waals surface area contributed by atoms with Gasteiger partial charge < -0.3 is 4.98 Å². The second-order valence-electron chi connectivity index (χ2n) is 2.81. The summed E-state index contributed by atoms with van der Waals surface area (Å²) in [5.74, 6) is -0.465. The van der Waals surface area contributed by atoms with E-state index >= 15 is 0 Å². The van der Waals surface area contributed by atoms with Crippen molar-refractivity contribution in [1.29, 1.82) is 0 Å². The Hall–Kier alpha value is -1.82. The van der Waals surface area contributed by atoms with E-state index in [1.54, 1.807) is 12.1 Å². The van der Waals surface area contributed by atoms with E-state index in [1.165, 1.54) is 12.3 Å². The fourth-order valence-corrected chi connectivity index (χ4v) is 1.78. The van der Waals surface area contributed by atoms with Crippen LogP contribution in [-0.2, 0) is 4.79 Å². The van der Waals surface area contributed by atoms with Crippen molar-refractivity contribution in [3.8, 4) is 0 Å². The molecule has 15 heavy (non-hydrogen) atoms. The molecule has 76 valence electrons. The van der Waals surface area contributed by atoms with Crippen LogP contribution in [0.15, 0.2) is 28.0 Å². The van der Waals surface area contributed by atoms with Crippen LogP contribution in [0.25, 0.3) is 6.08 Å². The molecule has 0 saturated carbocycles. The van der Waals surface area contributed by atoms with Gasteiger partial charge in [-0.2, -0.15) is 0 Å². The number of imide groups is 1. The zero-order chi connectivity index (χ0) is 10.8. The number of hydrogen-bond donors (Lipinski definition) is 2. The maximum absolute atomic E-state index is 11.3. The number of thioether (sulfide) groups is 1. The SMILES string of the molecule is O=C1NC(=O)C(=Cc2ccc[nH]c2=O)S1. The van der Waals surface area contributed by atoms with Crippen molar-refractivity contribution in [3.63, 3.8) is 0 Å². The van der Waals surface area contributed by atoms with E-state index in [4.69, 9.17) is 0 Å². The van der Waals surface area contributed by atoms with E-state index in [9.17, 15) is 14.4 Å². The van der Waals surface area contributed by atoms with Crippen molar-refractivity contribution < 1.29 is 9.59 Å². The van der Waals surface area contributed by atoms with Gasteiger partial charge in [0, 0.05) is 11.8 Å². The summed E-state index contributed by atoms with van der Waals surface area (Å²) in [5.41, 5.74) is 0.0580. The number of aromatic amines is 1. The van der Waals surface area contributed by atoms with E-state index in [0.717, 1.165) is 11.8 Å². The Kier molecular flexibility index (Phi) is 2.42. The summed E-state index contributed by atoms with van der Waals surface area (Å²) in [4.78, 5) is 36.0. The molecule has 2 heterocycles. The lowest BCUT2D eigenvalue weighted by Gasteiger charge is -1.92. The van der Waals surface area contributed by atoms with Gasteiger partial charge >= 0.3 is 0 Å². The molecule has 6 heteroatoms. The third-order valence-corrected chi connectivity index (χ3v) is 2.59. The first-order valence-electron chi connectivity index (χ1n) is 4.09. The van der Waals surface area contributed by atoms with Crippen LogP contribution in [0.2, 0.25) is 0 Å². The Labute approximate surface area is 88.6 Å². The summed E-state index contributed by atoms with van der Waals surface area (Å²) >= 11 is 0.786. The highest BCUT2D eigenvalue weighted by molar-refractivity contribution is 8.18. The molecule has 1 aliphatic heterocycles. The summed E-state index contributed by atoms with van der Waals surface area (Å²) in [5, 5.41) is 1.69. The maximum Gasteiger partial charge on any atom is 0.290 e. The number of carbonyl (C=O) groups excluding carboxylic acids is 2. The Balaban J connectivity index is 2.39. The molecule has 1 aromatic heterocycles. The van der Waals surface area contributed by atoms with E-state index in [0.29, 0.717) is 5.56 Å². The van der Waals surface area contributed by atoms with Crippen LogP contribution in [0.5, 0.6) is 0 Å². The lowest BCUT2D eigenvalue weighted by atomic mass is 10.2. The standard InChI is InChI=1S/C9H6N2O3S/c12-7-5(2-1-3-10-7)4-6-8(13)11-9(14)15-6/h1-4H,(H,10,12)(H,11,13,14). The zero-order valence-electron chi connectivity index (χ0n) is 7.44. The van der Waals surface area contributed by atoms with Crippen molar-refractivity contribution >= 4 is 29.0 Å². The van der Waals surface area contributed by atoms with Gasteiger partial charge in [-0.25, -0.2) is 0 Å². The van der Waals surface area contributed by atoms with Gasteiger partial charge in [-0.1, -0.05) is 0 Å². The minimum Gasteiger partial charge on any atom is -0.329 e. The van der Waals surface area contributed by atoms with E-state index in [-0.39, 0.29) is 10.5 Å². The fourth-order valence-electron chi connectivity index (χ4n) is 1.11. The second-order valence-corrected chi connectivity index (χ2v) is 3.82. The highest BCUT2D eigenvalue weighted by Crippen LogP contribution is 2.24. The molecule has 0 radical (unpaired) electrons. The number of aromatic nitrogens is 1. The molecular weight excluding hydrogens is 216 g/mol. The molecule has 1 saturated heterocycles. The fraction of sp³-hybridized carbons (Fsp3) is 0. The number of amides is 2. The van der Waals surface area contributed by atoms with E-state index in [1.807, 2.05) is 0 Å². The molecule has 5 nitrogen and oxygen atoms in total. The predicted octanol–water partition coefficient (Wildman–Crippen LogP) is 0.699. The lowest BCUT2D eigenvalue weighted by Crippen LogP contribution is -2.18. The summed E-state index contributed by atoms with van der Waals surface area (Å²) in [6.45, 7) is 0. The van der Waals surface area contributed by atoms with Crippen LogP contribution in [0, 0.1) is 0 Å². The van der Waals surface area contributed by atoms with Gasteiger partial charge in [0.15, 0.2) is 0 Å². The first-order valence-corrected chi connectivity index (χ1v) is 4.91. The molecule has 1 fully saturated rings. The molecule has 1 aromatic rings. The molecule has 0 aliphatic carbocycles. The summed E-state index contributed by atoms with van der Waals surface area (Å²) in [6, 6.07) is 3.22. The maximum atomic E-state index is 11.3. The van der Waals surface area contributed by atoms with Crippen molar-refractivity contribution in [2.24, 2.45) is 0 Å². The minimum absolute atomic E-state index is 0.233. The lowest BCUT2D eigenvalue weighted by molar-refractivity contribution is -0.115. The predicted molar refractivity (Wildman–Crippen MR) is 56.2 cm³/mol. The molecule has 0 unspecified atom stereocenters. The number of rotatable bonds is 1. The molecule has 0 bridgehead atoms. The molecule has 0 atom stereocenters. The van der Waals surface area contributed by atoms with Crippen molar-refractivity contribution in [1.82, 2.24) is 10.3 Å². The highest BCUT2D eigenvalue weighted by atomic mass is 32.2. The third-order valence-electron chi connectivity index (χ3n) is 1.78. The van der Waals surface area contributed by atoms with Crippen LogP contribution in [-0.4, -0.2) is 16.1 Å². The summed E-state index contributed by atoms with van der Waals surface area (Å²) in [7, 11) is 0. The van der Waals surface area contributed by atoms with Gasteiger partial charge in [0.2, 0.25) is 0 Å². The Morgan fingerprint density at radius 2 is 2.07 bits per heavy atom. The molecule has 1 aliphatic rings. The van der Waals surface area contributed by atoms with Crippen molar-refractivity contribution in [2.75, 3.05) is 0 Å². The molecule has 2 rings (SSSR count). The van der Waals surface area contributed by atoms with E-state index in [2.05, 4.69) is 10.3 Å². The number of nitrogens with one attached hydrogen (secondary N) is 2. The molecule has 2 amide bonds. The number of pyridine rings is 1. The normalized spacial score (nSPS) is 18.3. The van der Waals surface area contributed by atoms with Crippen LogP contribution in [0.1, 0.15) is 5.56 Å². The average molecular weight is 222 g/mol. The number of hydrogen-bond acceptors (Lipinski definition) is 4. The monoisotopic (exact) mass is 222 g/mol. The Morgan fingerprint density at radius 1 is 1.27 bits per heavy atom. The van der Waals surface area contributed by atoms with Gasteiger partial charge in [-0.3, -0.25) is 19.7 Å². The average Bonchev–Trinajstić information content (AvgIpc) is 2.49. The minimum atomic E-state index is -0.465. The van der Waals surface area contributed by atoms with Gasteiger partial charge in [-0.15, -0.1) is 0 Å². The molecule has 0 aromatic carbocycles. The van der Waals surface area contributed by atoms with Gasteiger partial charge in [0.1, 0.15) is 0 Å². The molecular formula is C9H6N2O3S. The van der Waals surface area contributed by atoms with Crippen LogP contribution in [0.3, 0.4) is 0 Å². The molecule has 2 N–H and O–H groups in total. The van der Waals surface area contributed by atoms with Crippen molar-refractivity contribution in [3.05, 3.63) is 39.2 Å². The first kappa shape index (κ1) is 9.72. The second kappa shape index (κ2) is 3.74. The van der Waals surface area contributed by atoms with Gasteiger partial charge in [-0.05, 0) is 30.0 Å². The summed E-state index contributed by atoms with van der Waals surface area (Å²) in [6.07, 6.45) is 2.89. The highest BCUT2D eigenvalue weighted by Gasteiger charge is 2.25. The van der Waals surface area contributed by atoms with E-state index < -0.39 is 11.1 Å². The van der Waals surface area contributed by atoms with Crippen LogP contribution < -0.4 is 10.9 Å². The third kappa shape index (κ3) is 1.99. The van der Waals surface area contributed by atoms with Gasteiger partial charge in [0.25, 0.3) is 16.7 Å². The first-order chi connectivity index (χ1) is 7.16. The van der Waals surface area contributed by atoms with Gasteiger partial charge in [0.05, 0.1) is 4.91 Å². The number of carbonyl (C=O) groups is 2. The quantitative estimate of drug-likeness (QED) is 0.685. The van der Waals surface area contributed by atoms with Crippen molar-refractivity contribution in [2.45, 2.75) is 0 Å². The zero-order valence-corrected chi connectivity index (χ0v) is 8.26. The smallest absolute Gasteiger partial charge is 0.290 e. The topological polar surface area (TPSA) is 79.0 Å². The summed E-state index contributed by atoms with van der Waals surface area (Å²) < 4.78 is 0. The van der Waals surface area contributed by atoms with Crippen LogP contribution in [0.4, 0.5) is 4.79 Å². The number of H-pyrrole nitrogens is 1. The molecule has 0 spiro atoms. The Morgan fingerprint density at radius 3 is 2.67 bits per heavy atom. The van der Waals surface area contributed by atoms with Crippen LogP contribution >= 0.6 is 11.8 Å².